The number of rotatable bonds is 3. The fraction of sp³-hybridized carbons (Fsp3) is 0.538. The number of nitro groups is 1. The summed E-state index contributed by atoms with van der Waals surface area (Å²) in [6, 6.07) is 7.68. The van der Waals surface area contributed by atoms with Crippen LogP contribution in [0.2, 0.25) is 0 Å². The van der Waals surface area contributed by atoms with Gasteiger partial charge in [0.2, 0.25) is 6.54 Å². The van der Waals surface area contributed by atoms with Crippen molar-refractivity contribution in [1.29, 1.82) is 0 Å². The van der Waals surface area contributed by atoms with Crippen molar-refractivity contribution in [2.75, 3.05) is 11.6 Å². The summed E-state index contributed by atoms with van der Waals surface area (Å²) in [6.07, 6.45) is 1.76. The zero-order valence-corrected chi connectivity index (χ0v) is 10.7. The molecule has 0 bridgehead atoms. The van der Waals surface area contributed by atoms with Crippen molar-refractivity contribution in [3.63, 3.8) is 0 Å². The third kappa shape index (κ3) is 2.98. The summed E-state index contributed by atoms with van der Waals surface area (Å²) in [5, 5.41) is 12.4. The largest absolute Gasteiger partial charge is 0.270 e. The molecule has 1 saturated heterocycles. The average molecular weight is 250 g/mol. The molecular weight excluding hydrogens is 232 g/mol. The average Bonchev–Trinajstić information content (AvgIpc) is 2.32. The lowest BCUT2D eigenvalue weighted by atomic mass is 10.1. The topological polar surface area (TPSA) is 55.6 Å². The molecule has 0 aromatic heterocycles. The Morgan fingerprint density at radius 2 is 2.06 bits per heavy atom. The van der Waals surface area contributed by atoms with E-state index in [4.69, 9.17) is 4.84 Å². The highest BCUT2D eigenvalue weighted by atomic mass is 16.7. The Morgan fingerprint density at radius 3 is 2.67 bits per heavy atom. The zero-order chi connectivity index (χ0) is 13.1. The molecule has 2 atom stereocenters. The summed E-state index contributed by atoms with van der Waals surface area (Å²) in [6.45, 7) is 3.92. The van der Waals surface area contributed by atoms with Crippen LogP contribution in [0.15, 0.2) is 24.3 Å². The Balaban J connectivity index is 2.19. The highest BCUT2D eigenvalue weighted by Crippen LogP contribution is 2.27. The SMILES string of the molecule is Cc1ccc(N2O[C@@H](C)CC[C@@H]2C[N+](=O)[O-])cc1. The van der Waals surface area contributed by atoms with Crippen molar-refractivity contribution in [1.82, 2.24) is 0 Å². The van der Waals surface area contributed by atoms with Crippen LogP contribution in [-0.4, -0.2) is 23.6 Å². The minimum atomic E-state index is -0.273. The van der Waals surface area contributed by atoms with E-state index < -0.39 is 0 Å². The minimum Gasteiger partial charge on any atom is -0.270 e. The summed E-state index contributed by atoms with van der Waals surface area (Å²) in [5.74, 6) is 0. The molecule has 1 aromatic rings. The Hall–Kier alpha value is -1.62. The maximum Gasteiger partial charge on any atom is 0.226 e. The van der Waals surface area contributed by atoms with Crippen LogP contribution in [0.3, 0.4) is 0 Å². The van der Waals surface area contributed by atoms with Crippen molar-refractivity contribution in [2.24, 2.45) is 0 Å². The van der Waals surface area contributed by atoms with Crippen molar-refractivity contribution in [2.45, 2.75) is 38.8 Å². The summed E-state index contributed by atoms with van der Waals surface area (Å²) < 4.78 is 0. The van der Waals surface area contributed by atoms with Gasteiger partial charge in [-0.3, -0.25) is 15.0 Å². The lowest BCUT2D eigenvalue weighted by Crippen LogP contribution is -2.46. The van der Waals surface area contributed by atoms with Crippen molar-refractivity contribution in [3.05, 3.63) is 39.9 Å². The number of anilines is 1. The molecule has 0 N–H and O–H groups in total. The predicted molar refractivity (Wildman–Crippen MR) is 69.1 cm³/mol. The first kappa shape index (κ1) is 12.8. The van der Waals surface area contributed by atoms with E-state index in [1.165, 1.54) is 0 Å². The maximum atomic E-state index is 10.7. The van der Waals surface area contributed by atoms with Gasteiger partial charge >= 0.3 is 0 Å². The van der Waals surface area contributed by atoms with Crippen LogP contribution in [0.25, 0.3) is 0 Å². The van der Waals surface area contributed by atoms with E-state index in [9.17, 15) is 10.1 Å². The van der Waals surface area contributed by atoms with Gasteiger partial charge in [-0.05, 0) is 38.8 Å². The van der Waals surface area contributed by atoms with E-state index in [-0.39, 0.29) is 23.6 Å². The van der Waals surface area contributed by atoms with Crippen LogP contribution < -0.4 is 5.06 Å². The Kier molecular flexibility index (Phi) is 3.81. The first-order valence-corrected chi connectivity index (χ1v) is 6.20. The highest BCUT2D eigenvalue weighted by Gasteiger charge is 2.31. The summed E-state index contributed by atoms with van der Waals surface area (Å²) in [5.41, 5.74) is 2.05. The van der Waals surface area contributed by atoms with Crippen LogP contribution >= 0.6 is 0 Å². The normalized spacial score (nSPS) is 24.0. The van der Waals surface area contributed by atoms with E-state index in [2.05, 4.69) is 0 Å². The van der Waals surface area contributed by atoms with Gasteiger partial charge in [-0.15, -0.1) is 0 Å². The van der Waals surface area contributed by atoms with Crippen LogP contribution in [0.1, 0.15) is 25.3 Å². The molecule has 1 fully saturated rings. The van der Waals surface area contributed by atoms with Crippen LogP contribution in [0.4, 0.5) is 5.69 Å². The van der Waals surface area contributed by atoms with Crippen LogP contribution in [0, 0.1) is 17.0 Å². The van der Waals surface area contributed by atoms with Crippen molar-refractivity contribution in [3.8, 4) is 0 Å². The van der Waals surface area contributed by atoms with E-state index in [1.807, 2.05) is 38.1 Å². The van der Waals surface area contributed by atoms with Gasteiger partial charge in [-0.2, -0.15) is 0 Å². The van der Waals surface area contributed by atoms with Gasteiger partial charge in [0.05, 0.1) is 11.8 Å². The molecule has 0 radical (unpaired) electrons. The second-order valence-electron chi connectivity index (χ2n) is 4.82. The van der Waals surface area contributed by atoms with Gasteiger partial charge in [0, 0.05) is 4.92 Å². The van der Waals surface area contributed by atoms with E-state index in [1.54, 1.807) is 5.06 Å². The minimum absolute atomic E-state index is 0.0827. The molecule has 1 aromatic carbocycles. The van der Waals surface area contributed by atoms with Crippen molar-refractivity contribution < 1.29 is 9.76 Å². The molecule has 98 valence electrons. The van der Waals surface area contributed by atoms with Gasteiger partial charge in [0.15, 0.2) is 0 Å². The monoisotopic (exact) mass is 250 g/mol. The number of hydroxylamine groups is 1. The number of aryl methyl sites for hydroxylation is 1. The fourth-order valence-corrected chi connectivity index (χ4v) is 2.18. The van der Waals surface area contributed by atoms with Gasteiger partial charge in [0.1, 0.15) is 6.04 Å². The first-order valence-electron chi connectivity index (χ1n) is 6.20. The number of benzene rings is 1. The highest BCUT2D eigenvalue weighted by molar-refractivity contribution is 5.46. The molecule has 1 aliphatic heterocycles. The summed E-state index contributed by atoms with van der Waals surface area (Å²) >= 11 is 0. The molecule has 0 unspecified atom stereocenters. The first-order chi connectivity index (χ1) is 8.56. The molecule has 1 aliphatic rings. The third-order valence-corrected chi connectivity index (χ3v) is 3.18. The molecule has 5 nitrogen and oxygen atoms in total. The lowest BCUT2D eigenvalue weighted by Gasteiger charge is -2.37. The number of hydrogen-bond donors (Lipinski definition) is 0. The second-order valence-corrected chi connectivity index (χ2v) is 4.82. The lowest BCUT2D eigenvalue weighted by molar-refractivity contribution is -0.484. The van der Waals surface area contributed by atoms with E-state index in [0.717, 1.165) is 24.1 Å². The molecule has 0 amide bonds. The summed E-state index contributed by atoms with van der Waals surface area (Å²) in [4.78, 5) is 16.2. The number of hydrogen-bond acceptors (Lipinski definition) is 4. The van der Waals surface area contributed by atoms with Crippen LogP contribution in [0.5, 0.6) is 0 Å². The van der Waals surface area contributed by atoms with Gasteiger partial charge in [0.25, 0.3) is 0 Å². The quantitative estimate of drug-likeness (QED) is 0.611. The standard InChI is InChI=1S/C13H18N2O3/c1-10-3-6-12(7-4-10)15-13(9-14(16)17)8-5-11(2)18-15/h3-4,6-7,11,13H,5,8-9H2,1-2H3/t11-,13+/m0/s1. The van der Waals surface area contributed by atoms with E-state index >= 15 is 0 Å². The Morgan fingerprint density at radius 1 is 1.39 bits per heavy atom. The molecule has 0 aliphatic carbocycles. The van der Waals surface area contributed by atoms with Crippen molar-refractivity contribution >= 4 is 5.69 Å². The Bertz CT molecular complexity index is 419. The molecular formula is C13H18N2O3. The molecule has 0 saturated carbocycles. The smallest absolute Gasteiger partial charge is 0.226 e. The van der Waals surface area contributed by atoms with Gasteiger partial charge in [-0.1, -0.05) is 17.7 Å². The number of nitrogens with zero attached hydrogens (tertiary/aromatic N) is 2. The molecule has 0 spiro atoms. The summed E-state index contributed by atoms with van der Waals surface area (Å²) in [7, 11) is 0. The molecule has 2 rings (SSSR count). The maximum absolute atomic E-state index is 10.7. The fourth-order valence-electron chi connectivity index (χ4n) is 2.18. The predicted octanol–water partition coefficient (Wildman–Crippen LogP) is 2.56. The van der Waals surface area contributed by atoms with Crippen LogP contribution in [-0.2, 0) is 4.84 Å². The third-order valence-electron chi connectivity index (χ3n) is 3.18. The van der Waals surface area contributed by atoms with Gasteiger partial charge in [-0.25, -0.2) is 5.06 Å². The molecule has 5 heteroatoms. The van der Waals surface area contributed by atoms with Gasteiger partial charge < -0.3 is 0 Å². The molecule has 18 heavy (non-hydrogen) atoms. The Labute approximate surface area is 106 Å². The second kappa shape index (κ2) is 5.35. The zero-order valence-electron chi connectivity index (χ0n) is 10.7. The van der Waals surface area contributed by atoms with E-state index in [0.29, 0.717) is 0 Å². The molecule has 1 heterocycles.